The van der Waals surface area contributed by atoms with E-state index in [0.29, 0.717) is 5.56 Å². The Morgan fingerprint density at radius 2 is 1.67 bits per heavy atom. The lowest BCUT2D eigenvalue weighted by Gasteiger charge is -2.20. The standard InChI is InChI=1S/C20H22N4O6/c1-3-23(4-2)16-10-8-14(9-11-16)20(27)30-13-18(25)21-22-19(26)15-6-5-7-17(12-15)24(28)29/h5-12H,3-4,13H2,1-2H3,(H,21,25)(H,22,26). The molecule has 0 atom stereocenters. The Bertz CT molecular complexity index is 925. The number of carbonyl (C=O) groups excluding carboxylic acids is 3. The van der Waals surface area contributed by atoms with Crippen molar-refractivity contribution in [2.45, 2.75) is 13.8 Å². The summed E-state index contributed by atoms with van der Waals surface area (Å²) in [4.78, 5) is 48.0. The molecule has 0 aliphatic rings. The van der Waals surface area contributed by atoms with E-state index >= 15 is 0 Å². The lowest BCUT2D eigenvalue weighted by Crippen LogP contribution is -2.43. The number of non-ortho nitro benzene ring substituents is 1. The largest absolute Gasteiger partial charge is 0.452 e. The van der Waals surface area contributed by atoms with Gasteiger partial charge in [-0.3, -0.25) is 30.6 Å². The number of nitrogens with zero attached hydrogens (tertiary/aromatic N) is 2. The van der Waals surface area contributed by atoms with E-state index in [1.165, 1.54) is 18.2 Å². The maximum Gasteiger partial charge on any atom is 0.338 e. The van der Waals surface area contributed by atoms with Crippen LogP contribution in [0.25, 0.3) is 0 Å². The van der Waals surface area contributed by atoms with Crippen LogP contribution in [-0.4, -0.2) is 42.4 Å². The maximum absolute atomic E-state index is 12.1. The number of ether oxygens (including phenoxy) is 1. The van der Waals surface area contributed by atoms with E-state index in [1.807, 2.05) is 13.8 Å². The highest BCUT2D eigenvalue weighted by Gasteiger charge is 2.14. The highest BCUT2D eigenvalue weighted by molar-refractivity contribution is 5.96. The van der Waals surface area contributed by atoms with Gasteiger partial charge in [-0.25, -0.2) is 4.79 Å². The summed E-state index contributed by atoms with van der Waals surface area (Å²) in [6.07, 6.45) is 0. The summed E-state index contributed by atoms with van der Waals surface area (Å²) in [5.74, 6) is -2.19. The fraction of sp³-hybridized carbons (Fsp3) is 0.250. The van der Waals surface area contributed by atoms with Gasteiger partial charge in [-0.2, -0.15) is 0 Å². The molecule has 0 bridgehead atoms. The molecule has 0 saturated carbocycles. The van der Waals surface area contributed by atoms with Crippen LogP contribution in [0.5, 0.6) is 0 Å². The first-order chi connectivity index (χ1) is 14.3. The summed E-state index contributed by atoms with van der Waals surface area (Å²) in [5.41, 5.74) is 5.19. The van der Waals surface area contributed by atoms with Crippen molar-refractivity contribution in [3.05, 3.63) is 69.8 Å². The van der Waals surface area contributed by atoms with Gasteiger partial charge in [0.1, 0.15) is 0 Å². The minimum absolute atomic E-state index is 0.00483. The van der Waals surface area contributed by atoms with Gasteiger partial charge in [0, 0.05) is 36.5 Å². The van der Waals surface area contributed by atoms with Crippen molar-refractivity contribution in [3.63, 3.8) is 0 Å². The van der Waals surface area contributed by atoms with Gasteiger partial charge in [0.2, 0.25) is 0 Å². The second kappa shape index (κ2) is 10.6. The van der Waals surface area contributed by atoms with Crippen LogP contribution in [0.4, 0.5) is 11.4 Å². The molecule has 10 nitrogen and oxygen atoms in total. The van der Waals surface area contributed by atoms with E-state index < -0.39 is 29.3 Å². The molecule has 0 unspecified atom stereocenters. The number of nitrogens with one attached hydrogen (secondary N) is 2. The fourth-order valence-electron chi connectivity index (χ4n) is 2.61. The number of hydrogen-bond acceptors (Lipinski definition) is 7. The maximum atomic E-state index is 12.1. The Balaban J connectivity index is 1.83. The quantitative estimate of drug-likeness (QED) is 0.384. The van der Waals surface area contributed by atoms with Gasteiger partial charge in [-0.15, -0.1) is 0 Å². The highest BCUT2D eigenvalue weighted by atomic mass is 16.6. The zero-order valence-corrected chi connectivity index (χ0v) is 16.6. The van der Waals surface area contributed by atoms with Crippen LogP contribution in [0.1, 0.15) is 34.6 Å². The van der Waals surface area contributed by atoms with Crippen molar-refractivity contribution in [1.29, 1.82) is 0 Å². The molecule has 10 heteroatoms. The zero-order valence-electron chi connectivity index (χ0n) is 16.6. The number of anilines is 1. The van der Waals surface area contributed by atoms with Crippen LogP contribution in [-0.2, 0) is 9.53 Å². The Morgan fingerprint density at radius 1 is 1.00 bits per heavy atom. The van der Waals surface area contributed by atoms with Crippen molar-refractivity contribution in [2.75, 3.05) is 24.6 Å². The molecule has 0 aromatic heterocycles. The number of amides is 2. The monoisotopic (exact) mass is 414 g/mol. The average molecular weight is 414 g/mol. The smallest absolute Gasteiger partial charge is 0.338 e. The number of nitro benzene ring substituents is 1. The molecule has 30 heavy (non-hydrogen) atoms. The van der Waals surface area contributed by atoms with Gasteiger partial charge in [-0.05, 0) is 44.2 Å². The summed E-state index contributed by atoms with van der Waals surface area (Å²) in [6, 6.07) is 11.8. The van der Waals surface area contributed by atoms with Crippen molar-refractivity contribution in [1.82, 2.24) is 10.9 Å². The van der Waals surface area contributed by atoms with Gasteiger partial charge in [-0.1, -0.05) is 6.07 Å². The van der Waals surface area contributed by atoms with Crippen molar-refractivity contribution < 1.29 is 24.0 Å². The molecular formula is C20H22N4O6. The van der Waals surface area contributed by atoms with Gasteiger partial charge in [0.25, 0.3) is 17.5 Å². The molecule has 2 aromatic carbocycles. The number of carbonyl (C=O) groups is 3. The number of nitro groups is 1. The lowest BCUT2D eigenvalue weighted by atomic mass is 10.2. The topological polar surface area (TPSA) is 131 Å². The fourth-order valence-corrected chi connectivity index (χ4v) is 2.61. The first kappa shape index (κ1) is 22.3. The molecule has 0 fully saturated rings. The van der Waals surface area contributed by atoms with Crippen molar-refractivity contribution in [2.24, 2.45) is 0 Å². The van der Waals surface area contributed by atoms with Crippen LogP contribution in [0.2, 0.25) is 0 Å². The summed E-state index contributed by atoms with van der Waals surface area (Å²) >= 11 is 0. The van der Waals surface area contributed by atoms with Crippen molar-refractivity contribution >= 4 is 29.2 Å². The first-order valence-electron chi connectivity index (χ1n) is 9.21. The van der Waals surface area contributed by atoms with Gasteiger partial charge < -0.3 is 9.64 Å². The summed E-state index contributed by atoms with van der Waals surface area (Å²) in [6.45, 7) is 5.13. The number of hydrogen-bond donors (Lipinski definition) is 2. The average Bonchev–Trinajstić information content (AvgIpc) is 2.77. The molecule has 0 aliphatic carbocycles. The molecule has 158 valence electrons. The first-order valence-corrected chi connectivity index (χ1v) is 9.21. The minimum atomic E-state index is -0.762. The van der Waals surface area contributed by atoms with Crippen LogP contribution in [0.3, 0.4) is 0 Å². The SMILES string of the molecule is CCN(CC)c1ccc(C(=O)OCC(=O)NNC(=O)c2cccc([N+](=O)[O-])c2)cc1. The summed E-state index contributed by atoms with van der Waals surface area (Å²) < 4.78 is 4.93. The van der Waals surface area contributed by atoms with Crippen LogP contribution in [0, 0.1) is 10.1 Å². The zero-order chi connectivity index (χ0) is 22.1. The Labute approximate surface area is 172 Å². The minimum Gasteiger partial charge on any atom is -0.452 e. The third-order valence-corrected chi connectivity index (χ3v) is 4.20. The van der Waals surface area contributed by atoms with E-state index in [9.17, 15) is 24.5 Å². The number of hydrazine groups is 1. The Hall–Kier alpha value is -3.95. The van der Waals surface area contributed by atoms with E-state index in [4.69, 9.17) is 4.74 Å². The van der Waals surface area contributed by atoms with Crippen molar-refractivity contribution in [3.8, 4) is 0 Å². The van der Waals surface area contributed by atoms with E-state index in [-0.39, 0.29) is 11.3 Å². The third kappa shape index (κ3) is 6.03. The van der Waals surface area contributed by atoms with Crippen LogP contribution >= 0.6 is 0 Å². The third-order valence-electron chi connectivity index (χ3n) is 4.20. The molecule has 0 spiro atoms. The summed E-state index contributed by atoms with van der Waals surface area (Å²) in [7, 11) is 0. The van der Waals surface area contributed by atoms with Crippen LogP contribution in [0.15, 0.2) is 48.5 Å². The highest BCUT2D eigenvalue weighted by Crippen LogP contribution is 2.15. The Kier molecular flexibility index (Phi) is 7.86. The molecular weight excluding hydrogens is 392 g/mol. The molecule has 0 radical (unpaired) electrons. The second-order valence-electron chi connectivity index (χ2n) is 6.11. The molecule has 0 saturated heterocycles. The predicted molar refractivity (Wildman–Crippen MR) is 109 cm³/mol. The second-order valence-corrected chi connectivity index (χ2v) is 6.11. The number of rotatable bonds is 8. The number of benzene rings is 2. The van der Waals surface area contributed by atoms with E-state index in [1.54, 1.807) is 24.3 Å². The number of esters is 1. The molecule has 0 heterocycles. The van der Waals surface area contributed by atoms with Gasteiger partial charge >= 0.3 is 5.97 Å². The summed E-state index contributed by atoms with van der Waals surface area (Å²) in [5, 5.41) is 10.7. The van der Waals surface area contributed by atoms with E-state index in [2.05, 4.69) is 15.8 Å². The molecule has 2 amide bonds. The van der Waals surface area contributed by atoms with Gasteiger partial charge in [0.15, 0.2) is 6.61 Å². The predicted octanol–water partition coefficient (Wildman–Crippen LogP) is 2.06. The van der Waals surface area contributed by atoms with Crippen LogP contribution < -0.4 is 15.8 Å². The van der Waals surface area contributed by atoms with E-state index in [0.717, 1.165) is 24.8 Å². The molecule has 2 aromatic rings. The Morgan fingerprint density at radius 3 is 2.27 bits per heavy atom. The molecule has 2 rings (SSSR count). The molecule has 2 N–H and O–H groups in total. The normalized spacial score (nSPS) is 10.1. The van der Waals surface area contributed by atoms with Gasteiger partial charge in [0.05, 0.1) is 10.5 Å². The molecule has 0 aliphatic heterocycles. The lowest BCUT2D eigenvalue weighted by molar-refractivity contribution is -0.384.